The van der Waals surface area contributed by atoms with Crippen molar-refractivity contribution in [2.45, 2.75) is 55.5 Å². The van der Waals surface area contributed by atoms with Crippen molar-refractivity contribution in [3.05, 3.63) is 51.6 Å². The van der Waals surface area contributed by atoms with Crippen LogP contribution in [0.4, 0.5) is 14.6 Å². The van der Waals surface area contributed by atoms with Crippen molar-refractivity contribution in [2.75, 3.05) is 5.32 Å². The monoisotopic (exact) mass is 507 g/mol. The Hall–Kier alpha value is -1.29. The van der Waals surface area contributed by atoms with Crippen LogP contribution in [-0.2, 0) is 16.6 Å². The highest BCUT2D eigenvalue weighted by Gasteiger charge is 2.36. The van der Waals surface area contributed by atoms with Crippen LogP contribution in [0.5, 0.6) is 0 Å². The molecule has 2 aromatic rings. The smallest absolute Gasteiger partial charge is 0.249 e. The largest absolute Gasteiger partial charge is 0.366 e. The van der Waals surface area contributed by atoms with Gasteiger partial charge in [-0.2, -0.15) is 0 Å². The van der Waals surface area contributed by atoms with Gasteiger partial charge in [0.25, 0.3) is 0 Å². The van der Waals surface area contributed by atoms with Crippen LogP contribution >= 0.6 is 27.5 Å². The highest BCUT2D eigenvalue weighted by atomic mass is 79.9. The van der Waals surface area contributed by atoms with Crippen molar-refractivity contribution in [2.24, 2.45) is 0 Å². The number of hydrogen-bond acceptors (Lipinski definition) is 4. The maximum absolute atomic E-state index is 13.8. The molecule has 0 aliphatic heterocycles. The summed E-state index contributed by atoms with van der Waals surface area (Å²) in [6.45, 7) is 0.476. The maximum Gasteiger partial charge on any atom is 0.249 e. The van der Waals surface area contributed by atoms with Gasteiger partial charge in [0, 0.05) is 36.1 Å². The first-order chi connectivity index (χ1) is 13.6. The van der Waals surface area contributed by atoms with Gasteiger partial charge in [0.1, 0.15) is 10.7 Å². The van der Waals surface area contributed by atoms with Crippen molar-refractivity contribution in [3.8, 4) is 0 Å². The average Bonchev–Trinajstić information content (AvgIpc) is 2.82. The first-order valence-corrected chi connectivity index (χ1v) is 11.8. The van der Waals surface area contributed by atoms with Gasteiger partial charge in [0.15, 0.2) is 0 Å². The van der Waals surface area contributed by atoms with E-state index in [-0.39, 0.29) is 11.3 Å². The van der Waals surface area contributed by atoms with E-state index in [2.05, 4.69) is 31.0 Å². The van der Waals surface area contributed by atoms with E-state index in [9.17, 15) is 17.2 Å². The molecule has 29 heavy (non-hydrogen) atoms. The zero-order valence-corrected chi connectivity index (χ0v) is 18.6. The summed E-state index contributed by atoms with van der Waals surface area (Å²) in [6.07, 6.45) is 1.92. The van der Waals surface area contributed by atoms with Crippen LogP contribution in [-0.4, -0.2) is 25.4 Å². The van der Waals surface area contributed by atoms with E-state index in [0.29, 0.717) is 36.6 Å². The van der Waals surface area contributed by atoms with Gasteiger partial charge < -0.3 is 5.32 Å². The van der Waals surface area contributed by atoms with Gasteiger partial charge in [-0.05, 0) is 58.6 Å². The number of benzene rings is 1. The molecule has 1 saturated carbocycles. The van der Waals surface area contributed by atoms with E-state index in [1.54, 1.807) is 12.1 Å². The maximum atomic E-state index is 13.8. The molecule has 1 aliphatic carbocycles. The van der Waals surface area contributed by atoms with E-state index in [1.807, 2.05) is 12.1 Å². The van der Waals surface area contributed by atoms with Crippen molar-refractivity contribution in [1.82, 2.24) is 9.71 Å². The van der Waals surface area contributed by atoms with Crippen LogP contribution in [0.2, 0.25) is 5.02 Å². The molecular weight excluding hydrogens is 488 g/mol. The Morgan fingerprint density at radius 3 is 2.72 bits per heavy atom. The molecule has 0 saturated heterocycles. The second kappa shape index (κ2) is 9.24. The Morgan fingerprint density at radius 1 is 1.24 bits per heavy atom. The molecule has 10 heteroatoms. The SMILES string of the molecule is O=S(=O)(NC1CCCCC(F)(F)C1)c1ccc(NCc2ccc(Cl)c(Br)c2)nc1. The number of anilines is 1. The molecule has 1 atom stereocenters. The van der Waals surface area contributed by atoms with E-state index in [1.165, 1.54) is 12.3 Å². The Bertz CT molecular complexity index is 958. The number of nitrogens with zero attached hydrogens (tertiary/aromatic N) is 1. The minimum atomic E-state index is -3.92. The van der Waals surface area contributed by atoms with E-state index < -0.39 is 28.4 Å². The minimum absolute atomic E-state index is 0.0511. The summed E-state index contributed by atoms with van der Waals surface area (Å²) >= 11 is 9.33. The highest BCUT2D eigenvalue weighted by molar-refractivity contribution is 9.10. The van der Waals surface area contributed by atoms with Crippen LogP contribution in [0.3, 0.4) is 0 Å². The third kappa shape index (κ3) is 6.34. The quantitative estimate of drug-likeness (QED) is 0.516. The van der Waals surface area contributed by atoms with Gasteiger partial charge in [-0.3, -0.25) is 0 Å². The van der Waals surface area contributed by atoms with Crippen molar-refractivity contribution in [1.29, 1.82) is 0 Å². The summed E-state index contributed by atoms with van der Waals surface area (Å²) in [5.74, 6) is -2.34. The summed E-state index contributed by atoms with van der Waals surface area (Å²) in [6, 6.07) is 7.69. The average molecular weight is 509 g/mol. The number of alkyl halides is 2. The van der Waals surface area contributed by atoms with Gasteiger partial charge in [-0.15, -0.1) is 0 Å². The van der Waals surface area contributed by atoms with Crippen molar-refractivity contribution in [3.63, 3.8) is 0 Å². The molecule has 0 radical (unpaired) electrons. The Balaban J connectivity index is 1.62. The molecular formula is C19H21BrClF2N3O2S. The number of hydrogen-bond donors (Lipinski definition) is 2. The summed E-state index contributed by atoms with van der Waals surface area (Å²) < 4.78 is 55.8. The molecule has 1 heterocycles. The number of pyridine rings is 1. The fraction of sp³-hybridized carbons (Fsp3) is 0.421. The lowest BCUT2D eigenvalue weighted by molar-refractivity contribution is -0.0183. The predicted octanol–water partition coefficient (Wildman–Crippen LogP) is 5.36. The molecule has 158 valence electrons. The molecule has 1 fully saturated rings. The fourth-order valence-corrected chi connectivity index (χ4v) is 4.97. The number of sulfonamides is 1. The van der Waals surface area contributed by atoms with Crippen LogP contribution in [0.15, 0.2) is 45.9 Å². The molecule has 2 N–H and O–H groups in total. The van der Waals surface area contributed by atoms with Gasteiger partial charge in [0.2, 0.25) is 15.9 Å². The first kappa shape index (κ1) is 22.4. The molecule has 1 unspecified atom stereocenters. The molecule has 1 aromatic heterocycles. The molecule has 0 amide bonds. The Morgan fingerprint density at radius 2 is 2.03 bits per heavy atom. The second-order valence-corrected chi connectivity index (χ2v) is 10.1. The zero-order chi connectivity index (χ0) is 21.1. The lowest BCUT2D eigenvalue weighted by Gasteiger charge is -2.20. The highest BCUT2D eigenvalue weighted by Crippen LogP contribution is 2.32. The molecule has 1 aromatic carbocycles. The van der Waals surface area contributed by atoms with E-state index >= 15 is 0 Å². The van der Waals surface area contributed by atoms with E-state index in [4.69, 9.17) is 11.6 Å². The van der Waals surface area contributed by atoms with Gasteiger partial charge in [0.05, 0.1) is 5.02 Å². The summed E-state index contributed by atoms with van der Waals surface area (Å²) in [5.41, 5.74) is 0.968. The van der Waals surface area contributed by atoms with Crippen LogP contribution in [0, 0.1) is 0 Å². The fourth-order valence-electron chi connectivity index (χ4n) is 3.21. The Labute approximate surface area is 182 Å². The molecule has 1 aliphatic rings. The number of aromatic nitrogens is 1. The lowest BCUT2D eigenvalue weighted by Crippen LogP contribution is -2.38. The van der Waals surface area contributed by atoms with E-state index in [0.717, 1.165) is 10.0 Å². The molecule has 0 spiro atoms. The van der Waals surface area contributed by atoms with Gasteiger partial charge >= 0.3 is 0 Å². The summed E-state index contributed by atoms with van der Waals surface area (Å²) in [5, 5.41) is 3.71. The standard InChI is InChI=1S/C19H21BrClF2N3O2S/c20-16-9-13(4-6-17(16)21)11-24-18-7-5-15(12-25-18)29(27,28)26-14-3-1-2-8-19(22,23)10-14/h4-7,9,12,14,26H,1-3,8,10-11H2,(H,24,25). The normalized spacial score (nSPS) is 19.5. The second-order valence-electron chi connectivity index (χ2n) is 7.11. The third-order valence-corrected chi connectivity index (χ3v) is 7.44. The Kier molecular flexibility index (Phi) is 7.14. The summed E-state index contributed by atoms with van der Waals surface area (Å²) in [4.78, 5) is 4.07. The predicted molar refractivity (Wildman–Crippen MR) is 113 cm³/mol. The summed E-state index contributed by atoms with van der Waals surface area (Å²) in [7, 11) is -3.92. The van der Waals surface area contributed by atoms with Crippen LogP contribution in [0.25, 0.3) is 0 Å². The van der Waals surface area contributed by atoms with Crippen LogP contribution < -0.4 is 10.0 Å². The van der Waals surface area contributed by atoms with Gasteiger partial charge in [-0.1, -0.05) is 24.1 Å². The van der Waals surface area contributed by atoms with Gasteiger partial charge in [-0.25, -0.2) is 26.9 Å². The number of nitrogens with one attached hydrogen (secondary N) is 2. The molecule has 5 nitrogen and oxygen atoms in total. The zero-order valence-electron chi connectivity index (χ0n) is 15.5. The number of rotatable bonds is 6. The van der Waals surface area contributed by atoms with Crippen molar-refractivity contribution < 1.29 is 17.2 Å². The first-order valence-electron chi connectivity index (χ1n) is 9.19. The molecule has 0 bridgehead atoms. The lowest BCUT2D eigenvalue weighted by atomic mass is 10.1. The third-order valence-electron chi connectivity index (χ3n) is 4.72. The minimum Gasteiger partial charge on any atom is -0.366 e. The van der Waals surface area contributed by atoms with Crippen molar-refractivity contribution >= 4 is 43.4 Å². The molecule has 3 rings (SSSR count). The topological polar surface area (TPSA) is 71.1 Å². The van der Waals surface area contributed by atoms with Crippen LogP contribution in [0.1, 0.15) is 37.7 Å². The number of halogens is 4.